The second-order valence-corrected chi connectivity index (χ2v) is 7.47. The summed E-state index contributed by atoms with van der Waals surface area (Å²) in [5, 5.41) is 0. The van der Waals surface area contributed by atoms with Gasteiger partial charge in [-0.15, -0.1) is 0 Å². The molecule has 0 aliphatic heterocycles. The normalized spacial score (nSPS) is 13.8. The lowest BCUT2D eigenvalue weighted by molar-refractivity contribution is 0.368. The summed E-state index contributed by atoms with van der Waals surface area (Å²) < 4.78 is 27.1. The fourth-order valence-corrected chi connectivity index (χ4v) is 4.39. The number of nitrogens with zero attached hydrogens (tertiary/aromatic N) is 1. The third-order valence-electron chi connectivity index (χ3n) is 3.92. The van der Waals surface area contributed by atoms with Gasteiger partial charge in [-0.1, -0.05) is 19.4 Å². The Morgan fingerprint density at radius 2 is 1.80 bits per heavy atom. The van der Waals surface area contributed by atoms with E-state index in [4.69, 9.17) is 5.73 Å². The smallest absolute Gasteiger partial charge is 0.243 e. The van der Waals surface area contributed by atoms with Crippen LogP contribution in [-0.4, -0.2) is 25.8 Å². The monoisotopic (exact) mass is 298 g/mol. The average molecular weight is 298 g/mol. The van der Waals surface area contributed by atoms with E-state index >= 15 is 0 Å². The van der Waals surface area contributed by atoms with Crippen molar-refractivity contribution in [1.82, 2.24) is 4.31 Å². The van der Waals surface area contributed by atoms with Crippen molar-refractivity contribution in [1.29, 1.82) is 0 Å². The summed E-state index contributed by atoms with van der Waals surface area (Å²) in [5.74, 6) is 0. The number of hydrogen-bond acceptors (Lipinski definition) is 3. The molecule has 0 aromatic heterocycles. The van der Waals surface area contributed by atoms with Crippen LogP contribution in [0.2, 0.25) is 0 Å². The van der Waals surface area contributed by atoms with Crippen LogP contribution in [0.4, 0.5) is 5.69 Å². The van der Waals surface area contributed by atoms with E-state index < -0.39 is 10.0 Å². The largest absolute Gasteiger partial charge is 0.398 e. The van der Waals surface area contributed by atoms with Crippen molar-refractivity contribution in [3.8, 4) is 0 Å². The molecule has 1 rings (SSSR count). The summed E-state index contributed by atoms with van der Waals surface area (Å²) in [6.07, 6.45) is 1.80. The molecule has 0 aliphatic carbocycles. The van der Waals surface area contributed by atoms with Gasteiger partial charge in [-0.05, 0) is 50.8 Å². The first-order chi connectivity index (χ1) is 9.14. The van der Waals surface area contributed by atoms with Gasteiger partial charge < -0.3 is 5.73 Å². The number of hydrogen-bond donors (Lipinski definition) is 1. The van der Waals surface area contributed by atoms with E-state index in [2.05, 4.69) is 6.92 Å². The maximum Gasteiger partial charge on any atom is 0.243 e. The van der Waals surface area contributed by atoms with E-state index in [9.17, 15) is 8.42 Å². The van der Waals surface area contributed by atoms with Gasteiger partial charge in [-0.2, -0.15) is 4.31 Å². The van der Waals surface area contributed by atoms with Crippen LogP contribution in [0, 0.1) is 20.8 Å². The molecule has 0 spiro atoms. The topological polar surface area (TPSA) is 63.4 Å². The molecular weight excluding hydrogens is 272 g/mol. The molecule has 0 bridgehead atoms. The predicted octanol–water partition coefficient (Wildman–Crippen LogP) is 3.00. The first-order valence-electron chi connectivity index (χ1n) is 6.98. The zero-order chi connectivity index (χ0) is 15.7. The maximum atomic E-state index is 12.8. The first-order valence-corrected chi connectivity index (χ1v) is 8.42. The molecule has 1 unspecified atom stereocenters. The Balaban J connectivity index is 3.40. The van der Waals surface area contributed by atoms with Crippen LogP contribution < -0.4 is 5.73 Å². The van der Waals surface area contributed by atoms with Crippen molar-refractivity contribution in [3.63, 3.8) is 0 Å². The van der Waals surface area contributed by atoms with Gasteiger partial charge >= 0.3 is 0 Å². The van der Waals surface area contributed by atoms with Crippen LogP contribution in [0.5, 0.6) is 0 Å². The van der Waals surface area contributed by atoms with E-state index in [1.54, 1.807) is 14.0 Å². The number of sulfonamides is 1. The van der Waals surface area contributed by atoms with E-state index in [0.29, 0.717) is 16.1 Å². The minimum Gasteiger partial charge on any atom is -0.398 e. The minimum absolute atomic E-state index is 0.0219. The van der Waals surface area contributed by atoms with Gasteiger partial charge in [0.2, 0.25) is 10.0 Å². The lowest BCUT2D eigenvalue weighted by atomic mass is 10.1. The highest BCUT2D eigenvalue weighted by atomic mass is 32.2. The van der Waals surface area contributed by atoms with Crippen molar-refractivity contribution in [2.24, 2.45) is 0 Å². The van der Waals surface area contributed by atoms with E-state index in [1.807, 2.05) is 26.8 Å². The number of nitrogens with two attached hydrogens (primary N) is 1. The lowest BCUT2D eigenvalue weighted by Gasteiger charge is -2.26. The van der Waals surface area contributed by atoms with Gasteiger partial charge in [0, 0.05) is 18.8 Å². The van der Waals surface area contributed by atoms with Gasteiger partial charge in [0.15, 0.2) is 0 Å². The Kier molecular flexibility index (Phi) is 5.21. The molecule has 114 valence electrons. The molecule has 0 radical (unpaired) electrons. The molecule has 1 aromatic rings. The summed E-state index contributed by atoms with van der Waals surface area (Å²) in [4.78, 5) is 0.353. The van der Waals surface area contributed by atoms with Crippen molar-refractivity contribution < 1.29 is 8.42 Å². The van der Waals surface area contributed by atoms with Gasteiger partial charge in [0.25, 0.3) is 0 Å². The molecule has 20 heavy (non-hydrogen) atoms. The first kappa shape index (κ1) is 17.0. The average Bonchev–Trinajstić information content (AvgIpc) is 2.35. The van der Waals surface area contributed by atoms with Crippen LogP contribution in [0.3, 0.4) is 0 Å². The van der Waals surface area contributed by atoms with Crippen LogP contribution in [-0.2, 0) is 10.0 Å². The van der Waals surface area contributed by atoms with E-state index in [-0.39, 0.29) is 6.04 Å². The van der Waals surface area contributed by atoms with Crippen LogP contribution >= 0.6 is 0 Å². The number of rotatable bonds is 5. The standard InChI is InChI=1S/C15H26N2O2S/c1-7-8-12(4)17(6)20(18,19)15-11(3)9-10(2)14(16)13(15)5/h9,12H,7-8,16H2,1-6H3. The highest BCUT2D eigenvalue weighted by Gasteiger charge is 2.29. The van der Waals surface area contributed by atoms with Crippen molar-refractivity contribution in [3.05, 3.63) is 22.8 Å². The van der Waals surface area contributed by atoms with Gasteiger partial charge in [0.1, 0.15) is 0 Å². The number of aryl methyl sites for hydroxylation is 2. The van der Waals surface area contributed by atoms with Crippen molar-refractivity contribution in [2.45, 2.75) is 58.4 Å². The highest BCUT2D eigenvalue weighted by molar-refractivity contribution is 7.89. The molecule has 0 amide bonds. The second-order valence-electron chi connectivity index (χ2n) is 5.54. The number of benzene rings is 1. The number of nitrogen functional groups attached to an aromatic ring is 1. The third-order valence-corrected chi connectivity index (χ3v) is 6.19. The van der Waals surface area contributed by atoms with Crippen molar-refractivity contribution >= 4 is 15.7 Å². The molecular formula is C15H26N2O2S. The Hall–Kier alpha value is -1.07. The van der Waals surface area contributed by atoms with Gasteiger partial charge in [-0.3, -0.25) is 0 Å². The zero-order valence-electron chi connectivity index (χ0n) is 13.3. The SMILES string of the molecule is CCCC(C)N(C)S(=O)(=O)c1c(C)cc(C)c(N)c1C. The molecule has 0 heterocycles. The summed E-state index contributed by atoms with van der Waals surface area (Å²) in [7, 11) is -1.86. The van der Waals surface area contributed by atoms with E-state index in [1.165, 1.54) is 4.31 Å². The summed E-state index contributed by atoms with van der Waals surface area (Å²) >= 11 is 0. The number of anilines is 1. The Labute approximate surface area is 123 Å². The summed E-state index contributed by atoms with van der Waals surface area (Å²) in [5.41, 5.74) is 8.89. The Morgan fingerprint density at radius 3 is 2.30 bits per heavy atom. The third kappa shape index (κ3) is 2.99. The fourth-order valence-electron chi connectivity index (χ4n) is 2.56. The Morgan fingerprint density at radius 1 is 1.25 bits per heavy atom. The Bertz CT molecular complexity index is 594. The zero-order valence-corrected chi connectivity index (χ0v) is 14.1. The lowest BCUT2D eigenvalue weighted by Crippen LogP contribution is -2.35. The summed E-state index contributed by atoms with van der Waals surface area (Å²) in [6, 6.07) is 1.82. The second kappa shape index (κ2) is 6.14. The molecule has 1 atom stereocenters. The fraction of sp³-hybridized carbons (Fsp3) is 0.600. The quantitative estimate of drug-likeness (QED) is 0.850. The molecule has 0 aliphatic rings. The summed E-state index contributed by atoms with van der Waals surface area (Å²) in [6.45, 7) is 9.49. The molecule has 0 saturated carbocycles. The molecule has 4 nitrogen and oxygen atoms in total. The van der Waals surface area contributed by atoms with Crippen LogP contribution in [0.15, 0.2) is 11.0 Å². The van der Waals surface area contributed by atoms with Crippen LogP contribution in [0.1, 0.15) is 43.4 Å². The van der Waals surface area contributed by atoms with Gasteiger partial charge in [0.05, 0.1) is 4.90 Å². The molecule has 0 fully saturated rings. The van der Waals surface area contributed by atoms with Gasteiger partial charge in [-0.25, -0.2) is 8.42 Å². The highest BCUT2D eigenvalue weighted by Crippen LogP contribution is 2.30. The predicted molar refractivity (Wildman–Crippen MR) is 84.4 cm³/mol. The molecule has 2 N–H and O–H groups in total. The minimum atomic E-state index is -3.51. The molecule has 0 saturated heterocycles. The van der Waals surface area contributed by atoms with E-state index in [0.717, 1.165) is 24.0 Å². The van der Waals surface area contributed by atoms with Crippen molar-refractivity contribution in [2.75, 3.05) is 12.8 Å². The molecule has 1 aromatic carbocycles. The molecule has 5 heteroatoms. The van der Waals surface area contributed by atoms with Crippen LogP contribution in [0.25, 0.3) is 0 Å². The maximum absolute atomic E-state index is 12.8.